The van der Waals surface area contributed by atoms with Gasteiger partial charge in [-0.1, -0.05) is 25.1 Å². The van der Waals surface area contributed by atoms with E-state index in [1.165, 1.54) is 5.56 Å². The molecule has 0 saturated carbocycles. The summed E-state index contributed by atoms with van der Waals surface area (Å²) in [5.74, 6) is -3.52. The maximum Gasteiger partial charge on any atom is 0.453 e. The lowest BCUT2D eigenvalue weighted by Gasteiger charge is -2.43. The van der Waals surface area contributed by atoms with E-state index in [0.29, 0.717) is 13.2 Å². The Kier molecular flexibility index (Phi) is 11.7. The lowest BCUT2D eigenvalue weighted by atomic mass is 9.68. The Morgan fingerprint density at radius 1 is 0.925 bits per heavy atom. The third-order valence-electron chi connectivity index (χ3n) is 7.08. The number of fused-ring (bicyclic) bond motifs is 1. The van der Waals surface area contributed by atoms with Crippen LogP contribution in [0.3, 0.4) is 0 Å². The maximum atomic E-state index is 12.9. The minimum absolute atomic E-state index is 0.0576. The van der Waals surface area contributed by atoms with E-state index in [0.717, 1.165) is 29.1 Å². The quantitative estimate of drug-likeness (QED) is 0.171. The Labute approximate surface area is 237 Å². The zero-order valence-corrected chi connectivity index (χ0v) is 23.9. The summed E-state index contributed by atoms with van der Waals surface area (Å²) in [7, 11) is -1.54. The highest BCUT2D eigenvalue weighted by Crippen LogP contribution is 2.52. The van der Waals surface area contributed by atoms with E-state index in [4.69, 9.17) is 9.47 Å². The lowest BCUT2D eigenvalue weighted by Crippen LogP contribution is -2.36. The fourth-order valence-electron chi connectivity index (χ4n) is 4.77. The molecule has 1 unspecified atom stereocenters. The van der Waals surface area contributed by atoms with Gasteiger partial charge in [0.05, 0.1) is 19.8 Å². The molecule has 1 heterocycles. The maximum absolute atomic E-state index is 12.9. The fraction of sp³-hybridized carbons (Fsp3) is 0.571. The molecule has 2 aromatic carbocycles. The van der Waals surface area contributed by atoms with Crippen LogP contribution in [0.5, 0.6) is 11.5 Å². The number of ether oxygens (including phenoxy) is 2. The number of phenols is 2. The first kappa shape index (κ1) is 32.6. The molecule has 1 aliphatic heterocycles. The molecule has 0 aromatic heterocycles. The summed E-state index contributed by atoms with van der Waals surface area (Å²) in [6.45, 7) is 3.36. The molecule has 0 saturated heterocycles. The molecule has 2 aromatic rings. The molecule has 40 heavy (non-hydrogen) atoms. The van der Waals surface area contributed by atoms with Crippen LogP contribution in [0.25, 0.3) is 0 Å². The largest absolute Gasteiger partial charge is 0.508 e. The SMILES string of the molecule is C[C@]1(c2ccc(O)cc2)CSc2cc(O)ccc2[C@H]1CCCOCCOCCS(=O)CCCC(F)(F)C(F)(F)F. The van der Waals surface area contributed by atoms with Gasteiger partial charge in [-0.15, -0.1) is 11.8 Å². The van der Waals surface area contributed by atoms with Crippen molar-refractivity contribution in [2.24, 2.45) is 0 Å². The Bertz CT molecular complexity index is 1110. The van der Waals surface area contributed by atoms with Gasteiger partial charge in [-0.25, -0.2) is 0 Å². The third kappa shape index (κ3) is 8.80. The van der Waals surface area contributed by atoms with Crippen molar-refractivity contribution < 1.29 is 45.8 Å². The molecule has 0 amide bonds. The highest BCUT2D eigenvalue weighted by molar-refractivity contribution is 7.99. The van der Waals surface area contributed by atoms with Crippen molar-refractivity contribution in [1.29, 1.82) is 0 Å². The van der Waals surface area contributed by atoms with Crippen LogP contribution in [0.15, 0.2) is 47.4 Å². The molecule has 3 rings (SSSR count). The van der Waals surface area contributed by atoms with E-state index in [1.54, 1.807) is 36.0 Å². The van der Waals surface area contributed by atoms with Crippen LogP contribution >= 0.6 is 11.8 Å². The van der Waals surface area contributed by atoms with Gasteiger partial charge in [0.15, 0.2) is 0 Å². The van der Waals surface area contributed by atoms with Crippen molar-refractivity contribution in [2.45, 2.75) is 60.9 Å². The van der Waals surface area contributed by atoms with Crippen LogP contribution in [0.1, 0.15) is 49.7 Å². The first-order valence-electron chi connectivity index (χ1n) is 13.0. The molecular weight excluding hydrogens is 575 g/mol. The zero-order valence-electron chi connectivity index (χ0n) is 22.2. The Morgan fingerprint density at radius 2 is 1.57 bits per heavy atom. The van der Waals surface area contributed by atoms with Gasteiger partial charge >= 0.3 is 12.1 Å². The fourth-order valence-corrected chi connectivity index (χ4v) is 7.15. The molecule has 0 spiro atoms. The van der Waals surface area contributed by atoms with Gasteiger partial charge in [0, 0.05) is 51.4 Å². The Hall–Kier alpha value is -1.89. The Balaban J connectivity index is 1.38. The minimum Gasteiger partial charge on any atom is -0.508 e. The van der Waals surface area contributed by atoms with Gasteiger partial charge in [0.2, 0.25) is 0 Å². The van der Waals surface area contributed by atoms with Gasteiger partial charge in [0.25, 0.3) is 0 Å². The first-order valence-corrected chi connectivity index (χ1v) is 15.5. The van der Waals surface area contributed by atoms with Crippen molar-refractivity contribution in [2.75, 3.05) is 43.7 Å². The molecule has 0 bridgehead atoms. The van der Waals surface area contributed by atoms with Gasteiger partial charge in [-0.2, -0.15) is 22.0 Å². The summed E-state index contributed by atoms with van der Waals surface area (Å²) in [6.07, 6.45) is -5.84. The second-order valence-electron chi connectivity index (χ2n) is 10.0. The summed E-state index contributed by atoms with van der Waals surface area (Å²) in [4.78, 5) is 1.06. The highest BCUT2D eigenvalue weighted by atomic mass is 32.2. The average Bonchev–Trinajstić information content (AvgIpc) is 2.88. The summed E-state index contributed by atoms with van der Waals surface area (Å²) < 4.78 is 85.2. The smallest absolute Gasteiger partial charge is 0.453 e. The number of alkyl halides is 5. The minimum atomic E-state index is -5.59. The number of hydrogen-bond donors (Lipinski definition) is 2. The second kappa shape index (κ2) is 14.3. The van der Waals surface area contributed by atoms with Crippen molar-refractivity contribution >= 4 is 22.6 Å². The van der Waals surface area contributed by atoms with Crippen molar-refractivity contribution in [3.8, 4) is 11.5 Å². The van der Waals surface area contributed by atoms with Crippen LogP contribution in [0.2, 0.25) is 0 Å². The number of aromatic hydroxyl groups is 2. The molecule has 0 radical (unpaired) electrons. The van der Waals surface area contributed by atoms with Gasteiger partial charge in [0.1, 0.15) is 11.5 Å². The Morgan fingerprint density at radius 3 is 2.25 bits per heavy atom. The van der Waals surface area contributed by atoms with Crippen molar-refractivity contribution in [3.05, 3.63) is 53.6 Å². The molecule has 12 heteroatoms. The molecule has 2 N–H and O–H groups in total. The number of rotatable bonds is 15. The van der Waals surface area contributed by atoms with Gasteiger partial charge in [-0.3, -0.25) is 4.21 Å². The normalized spacial score (nSPS) is 20.3. The van der Waals surface area contributed by atoms with Crippen LogP contribution in [-0.4, -0.2) is 70.2 Å². The lowest BCUT2D eigenvalue weighted by molar-refractivity contribution is -0.284. The van der Waals surface area contributed by atoms with Gasteiger partial charge < -0.3 is 19.7 Å². The molecule has 0 fully saturated rings. The predicted molar refractivity (Wildman–Crippen MR) is 146 cm³/mol. The standard InChI is InChI=1S/C28H35F5O5S2/c1-26(20-5-7-21(34)8-6-20)19-39-25-18-22(35)9-10-23(25)24(26)4-2-12-37-13-14-38-15-17-40(36)16-3-11-27(29,30)28(31,32)33/h5-10,18,24,34-35H,2-4,11-17,19H2,1H3/t24-,26-,40?/m1/s1. The molecule has 3 atom stereocenters. The van der Waals surface area contributed by atoms with E-state index < -0.39 is 35.7 Å². The van der Waals surface area contributed by atoms with Crippen molar-refractivity contribution in [3.63, 3.8) is 0 Å². The topological polar surface area (TPSA) is 76.0 Å². The number of thioether (sulfide) groups is 1. The monoisotopic (exact) mass is 610 g/mol. The van der Waals surface area contributed by atoms with Crippen LogP contribution in [0.4, 0.5) is 22.0 Å². The third-order valence-corrected chi connectivity index (χ3v) is 9.86. The highest BCUT2D eigenvalue weighted by Gasteiger charge is 2.56. The average molecular weight is 611 g/mol. The molecule has 0 aliphatic carbocycles. The van der Waals surface area contributed by atoms with Crippen LogP contribution in [-0.2, 0) is 25.7 Å². The molecule has 5 nitrogen and oxygen atoms in total. The van der Waals surface area contributed by atoms with Crippen LogP contribution in [0, 0.1) is 0 Å². The predicted octanol–water partition coefficient (Wildman–Crippen LogP) is 6.78. The summed E-state index contributed by atoms with van der Waals surface area (Å²) in [5.41, 5.74) is 2.11. The summed E-state index contributed by atoms with van der Waals surface area (Å²) >= 11 is 1.71. The van der Waals surface area contributed by atoms with E-state index in [9.17, 15) is 36.4 Å². The number of halogens is 5. The number of hydrogen-bond acceptors (Lipinski definition) is 6. The van der Waals surface area contributed by atoms with E-state index in [2.05, 4.69) is 6.92 Å². The molecular formula is C28H35F5O5S2. The molecule has 1 aliphatic rings. The molecule has 224 valence electrons. The second-order valence-corrected chi connectivity index (χ2v) is 12.8. The summed E-state index contributed by atoms with van der Waals surface area (Å²) in [6, 6.07) is 12.8. The van der Waals surface area contributed by atoms with Gasteiger partial charge in [-0.05, 0) is 60.6 Å². The zero-order chi connectivity index (χ0) is 29.4. The first-order chi connectivity index (χ1) is 18.8. The van der Waals surface area contributed by atoms with Crippen LogP contribution < -0.4 is 0 Å². The number of phenolic OH excluding ortho intramolecular Hbond substituents is 2. The van der Waals surface area contributed by atoms with Crippen molar-refractivity contribution in [1.82, 2.24) is 0 Å². The van der Waals surface area contributed by atoms with E-state index >= 15 is 0 Å². The summed E-state index contributed by atoms with van der Waals surface area (Å²) in [5, 5.41) is 19.7. The van der Waals surface area contributed by atoms with E-state index in [-0.39, 0.29) is 47.6 Å². The van der Waals surface area contributed by atoms with E-state index in [1.807, 2.05) is 18.2 Å². The number of benzene rings is 2.